The summed E-state index contributed by atoms with van der Waals surface area (Å²) in [7, 11) is 0. The molecule has 0 radical (unpaired) electrons. The van der Waals surface area contributed by atoms with Crippen LogP contribution < -0.4 is 5.73 Å². The van der Waals surface area contributed by atoms with Crippen molar-refractivity contribution in [2.24, 2.45) is 11.7 Å². The highest BCUT2D eigenvalue weighted by Gasteiger charge is 2.31. The van der Waals surface area contributed by atoms with E-state index in [-0.39, 0.29) is 46.6 Å². The quantitative estimate of drug-likeness (QED) is 0.557. The predicted octanol–water partition coefficient (Wildman–Crippen LogP) is 4.07. The number of carbonyl (C=O) groups is 2. The van der Waals surface area contributed by atoms with E-state index in [1.54, 1.807) is 24.0 Å². The van der Waals surface area contributed by atoms with Crippen LogP contribution in [0.25, 0.3) is 0 Å². The molecule has 7 nitrogen and oxygen atoms in total. The molecule has 3 rings (SSSR count). The first kappa shape index (κ1) is 25.4. The van der Waals surface area contributed by atoms with Crippen LogP contribution in [-0.2, 0) is 28.6 Å². The lowest BCUT2D eigenvalue weighted by Gasteiger charge is -2.28. The minimum absolute atomic E-state index is 0.0418. The lowest BCUT2D eigenvalue weighted by atomic mass is 9.78. The number of nitrogens with zero attached hydrogens (tertiary/aromatic N) is 2. The number of primary amides is 1. The molecule has 1 amide bonds. The highest BCUT2D eigenvalue weighted by molar-refractivity contribution is 6.04. The number of phenolic OH excluding ortho intramolecular Hbond substituents is 1. The number of aromatic hydroxyl groups is 1. The number of amides is 1. The highest BCUT2D eigenvalue weighted by Crippen LogP contribution is 2.40. The van der Waals surface area contributed by atoms with E-state index in [0.29, 0.717) is 29.9 Å². The van der Waals surface area contributed by atoms with Gasteiger partial charge in [0.15, 0.2) is 5.78 Å². The van der Waals surface area contributed by atoms with Crippen LogP contribution in [0.2, 0.25) is 0 Å². The lowest BCUT2D eigenvalue weighted by Crippen LogP contribution is -2.31. The summed E-state index contributed by atoms with van der Waals surface area (Å²) in [6.07, 6.45) is 0.410. The number of ketones is 1. The number of rotatable bonds is 6. The molecule has 0 bridgehead atoms. The molecule has 0 aliphatic carbocycles. The fourth-order valence-electron chi connectivity index (χ4n) is 4.16. The predicted molar refractivity (Wildman–Crippen MR) is 133 cm³/mol. The van der Waals surface area contributed by atoms with Crippen molar-refractivity contribution in [3.8, 4) is 5.75 Å². The van der Waals surface area contributed by atoms with E-state index in [1.807, 2.05) is 53.7 Å². The molecule has 1 aromatic carbocycles. The summed E-state index contributed by atoms with van der Waals surface area (Å²) in [6.45, 7) is 14.3. The Morgan fingerprint density at radius 3 is 2.18 bits per heavy atom. The van der Waals surface area contributed by atoms with Crippen LogP contribution in [0, 0.1) is 11.3 Å². The zero-order chi connectivity index (χ0) is 25.6. The Labute approximate surface area is 201 Å². The highest BCUT2D eigenvalue weighted by atomic mass is 16.3. The number of fused-ring (bicyclic) bond motifs is 1. The molecule has 34 heavy (non-hydrogen) atoms. The minimum Gasteiger partial charge on any atom is -0.507 e. The molecule has 0 saturated heterocycles. The summed E-state index contributed by atoms with van der Waals surface area (Å²) < 4.78 is 0. The van der Waals surface area contributed by atoms with Crippen LogP contribution in [0.3, 0.4) is 0 Å². The Morgan fingerprint density at radius 1 is 1.12 bits per heavy atom. The molecule has 0 fully saturated rings. The van der Waals surface area contributed by atoms with E-state index >= 15 is 0 Å². The zero-order valence-corrected chi connectivity index (χ0v) is 21.2. The van der Waals surface area contributed by atoms with E-state index < -0.39 is 0 Å². The van der Waals surface area contributed by atoms with Gasteiger partial charge in [0.2, 0.25) is 5.91 Å². The molecule has 7 heteroatoms. The number of aromatic nitrogens is 1. The van der Waals surface area contributed by atoms with Crippen LogP contribution in [-0.4, -0.2) is 39.1 Å². The minimum atomic E-state index is -0.386. The average Bonchev–Trinajstić information content (AvgIpc) is 3.01. The van der Waals surface area contributed by atoms with Crippen LogP contribution in [0.5, 0.6) is 5.75 Å². The molecule has 1 aliphatic rings. The number of hydrogen-bond acceptors (Lipinski definition) is 5. The number of phenols is 1. The maximum absolute atomic E-state index is 13.4. The van der Waals surface area contributed by atoms with Crippen molar-refractivity contribution in [2.75, 3.05) is 6.54 Å². The zero-order valence-electron chi connectivity index (χ0n) is 21.2. The van der Waals surface area contributed by atoms with Crippen LogP contribution in [0.15, 0.2) is 24.3 Å². The third-order valence-corrected chi connectivity index (χ3v) is 6.32. The van der Waals surface area contributed by atoms with Crippen LogP contribution in [0.4, 0.5) is 0 Å². The molecule has 1 atom stereocenters. The smallest absolute Gasteiger partial charge is 0.220 e. The molecule has 0 saturated carbocycles. The fraction of sp³-hybridized carbons (Fsp3) is 0.481. The van der Waals surface area contributed by atoms with Crippen molar-refractivity contribution in [3.05, 3.63) is 57.9 Å². The molecule has 1 aromatic heterocycles. The summed E-state index contributed by atoms with van der Waals surface area (Å²) in [5.41, 5.74) is 8.82. The van der Waals surface area contributed by atoms with Crippen molar-refractivity contribution >= 4 is 17.5 Å². The van der Waals surface area contributed by atoms with Gasteiger partial charge in [0.25, 0.3) is 0 Å². The number of pyridine rings is 1. The van der Waals surface area contributed by atoms with Crippen molar-refractivity contribution in [1.29, 1.82) is 5.41 Å². The summed E-state index contributed by atoms with van der Waals surface area (Å²) >= 11 is 0. The molecule has 2 aromatic rings. The topological polar surface area (TPSA) is 120 Å². The van der Waals surface area contributed by atoms with Crippen LogP contribution in [0.1, 0.15) is 86.9 Å². The molecule has 2 heterocycles. The van der Waals surface area contributed by atoms with Gasteiger partial charge in [0.05, 0.1) is 6.54 Å². The third kappa shape index (κ3) is 5.13. The maximum Gasteiger partial charge on any atom is 0.220 e. The van der Waals surface area contributed by atoms with Gasteiger partial charge >= 0.3 is 0 Å². The van der Waals surface area contributed by atoms with Crippen molar-refractivity contribution in [3.63, 3.8) is 0 Å². The molecule has 4 N–H and O–H groups in total. The standard InChI is InChI=1S/C27H36N4O3/c1-15(25(29)34)10-18-9-8-16-13-31(24(28)22(16)30-18)14-21(32)17-11-19(26(2,3)4)23(33)20(12-17)27(5,6)7/h8-9,11-12,15,28,33H,10,13-14H2,1-7H3,(H2,29,34). The summed E-state index contributed by atoms with van der Waals surface area (Å²) in [5, 5.41) is 19.5. The number of Topliss-reactive ketones (excluding diaryl/α,β-unsaturated/α-hetero) is 1. The van der Waals surface area contributed by atoms with Gasteiger partial charge in [0, 0.05) is 46.8 Å². The van der Waals surface area contributed by atoms with Gasteiger partial charge in [-0.15, -0.1) is 0 Å². The number of amidine groups is 1. The second-order valence-corrected chi connectivity index (χ2v) is 11.4. The fourth-order valence-corrected chi connectivity index (χ4v) is 4.16. The second-order valence-electron chi connectivity index (χ2n) is 11.4. The molecular formula is C27H36N4O3. The molecule has 0 spiro atoms. The largest absolute Gasteiger partial charge is 0.507 e. The normalized spacial score (nSPS) is 14.8. The van der Waals surface area contributed by atoms with Gasteiger partial charge < -0.3 is 15.7 Å². The maximum atomic E-state index is 13.4. The van der Waals surface area contributed by atoms with Gasteiger partial charge in [-0.05, 0) is 29.0 Å². The SMILES string of the molecule is CC(Cc1ccc2c(n1)C(=N)N(CC(=O)c1cc(C(C)(C)C)c(O)c(C(C)(C)C)c1)C2)C(N)=O. The van der Waals surface area contributed by atoms with Gasteiger partial charge in [-0.3, -0.25) is 15.0 Å². The number of nitrogens with two attached hydrogens (primary N) is 1. The van der Waals surface area contributed by atoms with Gasteiger partial charge in [-0.2, -0.15) is 0 Å². The van der Waals surface area contributed by atoms with Crippen molar-refractivity contribution in [2.45, 2.75) is 72.3 Å². The Kier molecular flexibility index (Phi) is 6.62. The molecular weight excluding hydrogens is 428 g/mol. The summed E-state index contributed by atoms with van der Waals surface area (Å²) in [6, 6.07) is 7.31. The first-order valence-electron chi connectivity index (χ1n) is 11.6. The van der Waals surface area contributed by atoms with Gasteiger partial charge in [-0.1, -0.05) is 54.5 Å². The summed E-state index contributed by atoms with van der Waals surface area (Å²) in [5.74, 6) is -0.413. The van der Waals surface area contributed by atoms with E-state index in [4.69, 9.17) is 11.1 Å². The van der Waals surface area contributed by atoms with E-state index in [9.17, 15) is 14.7 Å². The summed E-state index contributed by atoms with van der Waals surface area (Å²) in [4.78, 5) is 31.0. The first-order chi connectivity index (χ1) is 15.6. The Morgan fingerprint density at radius 2 is 1.68 bits per heavy atom. The number of hydrogen-bond donors (Lipinski definition) is 3. The van der Waals surface area contributed by atoms with E-state index in [2.05, 4.69) is 4.98 Å². The monoisotopic (exact) mass is 464 g/mol. The Hall–Kier alpha value is -3.22. The molecule has 182 valence electrons. The number of nitrogens with one attached hydrogen (secondary N) is 1. The first-order valence-corrected chi connectivity index (χ1v) is 11.6. The average molecular weight is 465 g/mol. The van der Waals surface area contributed by atoms with E-state index in [1.165, 1.54) is 0 Å². The Balaban J connectivity index is 1.87. The van der Waals surface area contributed by atoms with Crippen molar-refractivity contribution in [1.82, 2.24) is 9.88 Å². The van der Waals surface area contributed by atoms with Crippen LogP contribution >= 0.6 is 0 Å². The number of carbonyl (C=O) groups excluding carboxylic acids is 2. The second kappa shape index (κ2) is 8.85. The molecule has 1 unspecified atom stereocenters. The third-order valence-electron chi connectivity index (χ3n) is 6.32. The van der Waals surface area contributed by atoms with Gasteiger partial charge in [0.1, 0.15) is 17.3 Å². The van der Waals surface area contributed by atoms with E-state index in [0.717, 1.165) is 16.7 Å². The van der Waals surface area contributed by atoms with Gasteiger partial charge in [-0.25, -0.2) is 4.98 Å². The van der Waals surface area contributed by atoms with Crippen molar-refractivity contribution < 1.29 is 14.7 Å². The lowest BCUT2D eigenvalue weighted by molar-refractivity contribution is -0.121. The Bertz CT molecular complexity index is 1120. The molecule has 1 aliphatic heterocycles. The number of benzene rings is 1.